The van der Waals surface area contributed by atoms with Crippen LogP contribution in [0.1, 0.15) is 6.92 Å². The van der Waals surface area contributed by atoms with Crippen LogP contribution in [0.4, 0.5) is 31.5 Å². The van der Waals surface area contributed by atoms with Crippen LogP contribution in [-0.2, 0) is 10.2 Å². The molecule has 0 radical (unpaired) electrons. The molecule has 170 valence electrons. The normalized spacial score (nSPS) is 11.2. The van der Waals surface area contributed by atoms with Gasteiger partial charge in [0.25, 0.3) is 10.2 Å². The highest BCUT2D eigenvalue weighted by molar-refractivity contribution is 14.1. The second kappa shape index (κ2) is 10.6. The number of nitrogens with two attached hydrogens (primary N) is 1. The molecule has 32 heavy (non-hydrogen) atoms. The molecule has 0 amide bonds. The first kappa shape index (κ1) is 24.4. The van der Waals surface area contributed by atoms with Crippen LogP contribution in [0.25, 0.3) is 0 Å². The van der Waals surface area contributed by atoms with Crippen LogP contribution in [0.2, 0.25) is 0 Å². The Labute approximate surface area is 202 Å². The van der Waals surface area contributed by atoms with Crippen molar-refractivity contribution in [3.8, 4) is 11.5 Å². The summed E-state index contributed by atoms with van der Waals surface area (Å²) in [5, 5.41) is 7.86. The van der Waals surface area contributed by atoms with E-state index >= 15 is 0 Å². The van der Waals surface area contributed by atoms with Gasteiger partial charge in [-0.15, -0.1) is 0 Å². The maximum Gasteiger partial charge on any atom is 0.296 e. The van der Waals surface area contributed by atoms with Crippen molar-refractivity contribution < 1.29 is 21.9 Å². The molecule has 3 aromatic rings. The van der Waals surface area contributed by atoms with Gasteiger partial charge in [-0.05, 0) is 59.0 Å². The number of anilines is 4. The zero-order valence-corrected chi connectivity index (χ0v) is 20.4. The second-order valence-electron chi connectivity index (χ2n) is 6.39. The molecule has 3 rings (SSSR count). The van der Waals surface area contributed by atoms with Crippen LogP contribution in [-0.4, -0.2) is 14.2 Å². The first-order valence-electron chi connectivity index (χ1n) is 9.16. The highest BCUT2D eigenvalue weighted by Gasteiger charge is 2.19. The van der Waals surface area contributed by atoms with Gasteiger partial charge >= 0.3 is 0 Å². The molecular weight excluding hydrogens is 573 g/mol. The Morgan fingerprint density at radius 2 is 1.88 bits per heavy atom. The third-order valence-corrected chi connectivity index (χ3v) is 5.74. The Morgan fingerprint density at radius 1 is 1.09 bits per heavy atom. The monoisotopic (exact) mass is 592 g/mol. The molecule has 0 aliphatic rings. The van der Waals surface area contributed by atoms with Crippen molar-refractivity contribution in [2.75, 3.05) is 20.5 Å². The summed E-state index contributed by atoms with van der Waals surface area (Å²) in [6.07, 6.45) is 0. The average Bonchev–Trinajstić information content (AvgIpc) is 2.70. The molecule has 0 unspecified atom stereocenters. The van der Waals surface area contributed by atoms with Gasteiger partial charge in [-0.1, -0.05) is 24.9 Å². The fourth-order valence-electron chi connectivity index (χ4n) is 2.65. The summed E-state index contributed by atoms with van der Waals surface area (Å²) >= 11 is 3.42. The van der Waals surface area contributed by atoms with Gasteiger partial charge in [-0.25, -0.2) is 13.9 Å². The lowest BCUT2D eigenvalue weighted by Crippen LogP contribution is -2.22. The minimum Gasteiger partial charge on any atom is -0.455 e. The summed E-state index contributed by atoms with van der Waals surface area (Å²) < 4.78 is 64.0. The molecule has 0 spiro atoms. The highest BCUT2D eigenvalue weighted by Crippen LogP contribution is 2.39. The Morgan fingerprint density at radius 3 is 2.56 bits per heavy atom. The molecule has 0 aliphatic carbocycles. The van der Waals surface area contributed by atoms with Gasteiger partial charge < -0.3 is 14.8 Å². The van der Waals surface area contributed by atoms with Crippen molar-refractivity contribution in [3.63, 3.8) is 0 Å². The first-order valence-corrected chi connectivity index (χ1v) is 12.8. The van der Waals surface area contributed by atoms with Crippen molar-refractivity contribution in [1.29, 1.82) is 0 Å². The van der Waals surface area contributed by atoms with E-state index in [0.717, 1.165) is 23.6 Å². The molecule has 0 saturated carbocycles. The molecular formula is C20H19F2IN4O3S2. The van der Waals surface area contributed by atoms with Crippen molar-refractivity contribution in [2.24, 2.45) is 5.14 Å². The molecule has 0 aromatic heterocycles. The van der Waals surface area contributed by atoms with Gasteiger partial charge in [-0.2, -0.15) is 8.42 Å². The van der Waals surface area contributed by atoms with Crippen LogP contribution in [0.5, 0.6) is 11.5 Å². The van der Waals surface area contributed by atoms with Gasteiger partial charge in [0.1, 0.15) is 23.1 Å². The predicted molar refractivity (Wildman–Crippen MR) is 134 cm³/mol. The molecule has 0 aliphatic heterocycles. The molecule has 0 saturated heterocycles. The maximum atomic E-state index is 14.4. The lowest BCUT2D eigenvalue weighted by Gasteiger charge is -2.18. The van der Waals surface area contributed by atoms with E-state index in [9.17, 15) is 17.2 Å². The fourth-order valence-corrected chi connectivity index (χ4v) is 4.04. The lowest BCUT2D eigenvalue weighted by atomic mass is 10.2. The SMILES string of the molecule is CCSNc1cccc(Oc2cc(F)cc(Nc3ccc(I)cc3F)c2NS(N)(=O)=O)c1. The van der Waals surface area contributed by atoms with Crippen LogP contribution >= 0.6 is 34.5 Å². The van der Waals surface area contributed by atoms with Crippen LogP contribution < -0.4 is 24.6 Å². The lowest BCUT2D eigenvalue weighted by molar-refractivity contribution is 0.479. The summed E-state index contributed by atoms with van der Waals surface area (Å²) in [6, 6.07) is 13.2. The van der Waals surface area contributed by atoms with Crippen molar-refractivity contribution >= 4 is 67.5 Å². The van der Waals surface area contributed by atoms with Gasteiger partial charge in [0.2, 0.25) is 0 Å². The summed E-state index contributed by atoms with van der Waals surface area (Å²) in [7, 11) is -4.26. The summed E-state index contributed by atoms with van der Waals surface area (Å²) in [5.41, 5.74) is 0.506. The fraction of sp³-hybridized carbons (Fsp3) is 0.100. The molecule has 0 fully saturated rings. The Balaban J connectivity index is 2.03. The third kappa shape index (κ3) is 6.85. The second-order valence-corrected chi connectivity index (χ2v) is 10.00. The van der Waals surface area contributed by atoms with E-state index in [1.807, 2.05) is 35.6 Å². The zero-order valence-electron chi connectivity index (χ0n) is 16.7. The number of nitrogens with one attached hydrogen (secondary N) is 3. The van der Waals surface area contributed by atoms with Gasteiger partial charge in [0, 0.05) is 27.1 Å². The van der Waals surface area contributed by atoms with Crippen molar-refractivity contribution in [2.45, 2.75) is 6.92 Å². The number of ether oxygens (including phenoxy) is 1. The van der Waals surface area contributed by atoms with Crippen LogP contribution in [0, 0.1) is 15.2 Å². The summed E-state index contributed by atoms with van der Waals surface area (Å²) in [4.78, 5) is 0. The molecule has 7 nitrogen and oxygen atoms in total. The molecule has 0 heterocycles. The number of hydrogen-bond acceptors (Lipinski definition) is 6. The third-order valence-electron chi connectivity index (χ3n) is 3.91. The number of hydrogen-bond donors (Lipinski definition) is 4. The van der Waals surface area contributed by atoms with Gasteiger partial charge in [0.15, 0.2) is 5.75 Å². The van der Waals surface area contributed by atoms with E-state index in [1.165, 1.54) is 24.1 Å². The molecule has 12 heteroatoms. The van der Waals surface area contributed by atoms with Gasteiger partial charge in [-0.3, -0.25) is 4.72 Å². The Hall–Kier alpha value is -2.29. The molecule has 3 aromatic carbocycles. The van der Waals surface area contributed by atoms with E-state index in [2.05, 4.69) is 14.8 Å². The largest absolute Gasteiger partial charge is 0.455 e. The van der Waals surface area contributed by atoms with Crippen molar-refractivity contribution in [3.05, 3.63) is 69.8 Å². The van der Waals surface area contributed by atoms with Crippen LogP contribution in [0.15, 0.2) is 54.6 Å². The van der Waals surface area contributed by atoms with E-state index < -0.39 is 21.8 Å². The first-order chi connectivity index (χ1) is 15.1. The summed E-state index contributed by atoms with van der Waals surface area (Å²) in [6.45, 7) is 1.99. The van der Waals surface area contributed by atoms with Crippen molar-refractivity contribution in [1.82, 2.24) is 0 Å². The summed E-state index contributed by atoms with van der Waals surface area (Å²) in [5.74, 6) is -0.336. The quantitative estimate of drug-likeness (QED) is 0.185. The van der Waals surface area contributed by atoms with E-state index in [-0.39, 0.29) is 22.8 Å². The Bertz CT molecular complexity index is 1230. The predicted octanol–water partition coefficient (Wildman–Crippen LogP) is 5.80. The van der Waals surface area contributed by atoms with Gasteiger partial charge in [0.05, 0.1) is 11.4 Å². The highest BCUT2D eigenvalue weighted by atomic mass is 127. The standard InChI is InChI=1S/C20H19F2IN4O3S2/c1-2-31-26-14-4-3-5-15(11-14)30-19-9-12(21)8-18(20(19)27-32(24,28)29)25-17-7-6-13(23)10-16(17)22/h3-11,25-27H,2H2,1H3,(H2,24,28,29). The minimum atomic E-state index is -4.26. The number of rotatable bonds is 9. The average molecular weight is 592 g/mol. The molecule has 0 bridgehead atoms. The number of benzene rings is 3. The zero-order chi connectivity index (χ0) is 23.3. The number of halogens is 3. The minimum absolute atomic E-state index is 0.0159. The van der Waals surface area contributed by atoms with E-state index in [1.54, 1.807) is 24.3 Å². The van der Waals surface area contributed by atoms with E-state index in [0.29, 0.717) is 9.32 Å². The topological polar surface area (TPSA) is 105 Å². The molecule has 5 N–H and O–H groups in total. The van der Waals surface area contributed by atoms with Crippen LogP contribution in [0.3, 0.4) is 0 Å². The Kier molecular flexibility index (Phi) is 8.03. The van der Waals surface area contributed by atoms with E-state index in [4.69, 9.17) is 9.88 Å². The smallest absolute Gasteiger partial charge is 0.296 e. The molecule has 0 atom stereocenters. The maximum absolute atomic E-state index is 14.4.